The lowest BCUT2D eigenvalue weighted by Crippen LogP contribution is -2.51. The van der Waals surface area contributed by atoms with E-state index in [1.54, 1.807) is 0 Å². The Balaban J connectivity index is 1.96. The van der Waals surface area contributed by atoms with Gasteiger partial charge in [-0.15, -0.1) is 0 Å². The van der Waals surface area contributed by atoms with Gasteiger partial charge in [0.15, 0.2) is 0 Å². The average Bonchev–Trinajstić information content (AvgIpc) is 2.33. The molecule has 2 fully saturated rings. The highest BCUT2D eigenvalue weighted by Gasteiger charge is 2.35. The first-order valence-corrected chi connectivity index (χ1v) is 6.39. The van der Waals surface area contributed by atoms with Crippen LogP contribution in [0.2, 0.25) is 0 Å². The van der Waals surface area contributed by atoms with Gasteiger partial charge in [-0.2, -0.15) is 0 Å². The SMILES string of the molecule is O=C1NCCCN1CC1(CO)CCCCC1. The zero-order valence-electron chi connectivity index (χ0n) is 9.87. The molecule has 0 aromatic heterocycles. The molecule has 0 spiro atoms. The van der Waals surface area contributed by atoms with Crippen molar-refractivity contribution in [2.45, 2.75) is 38.5 Å². The quantitative estimate of drug-likeness (QED) is 0.763. The second-order valence-corrected chi connectivity index (χ2v) is 5.23. The lowest BCUT2D eigenvalue weighted by molar-refractivity contribution is 0.0477. The number of nitrogens with one attached hydrogen (secondary N) is 1. The standard InChI is InChI=1S/C12H22N2O2/c15-10-12(5-2-1-3-6-12)9-14-8-4-7-13-11(14)16/h15H,1-10H2,(H,13,16). The summed E-state index contributed by atoms with van der Waals surface area (Å²) in [5.74, 6) is 0. The summed E-state index contributed by atoms with van der Waals surface area (Å²) in [6, 6.07) is 0.0460. The Labute approximate surface area is 97.0 Å². The van der Waals surface area contributed by atoms with Crippen LogP contribution in [0.25, 0.3) is 0 Å². The molecule has 4 nitrogen and oxygen atoms in total. The molecule has 1 saturated carbocycles. The van der Waals surface area contributed by atoms with E-state index < -0.39 is 0 Å². The maximum Gasteiger partial charge on any atom is 0.317 e. The normalized spacial score (nSPS) is 25.3. The number of carbonyl (C=O) groups is 1. The number of rotatable bonds is 3. The van der Waals surface area contributed by atoms with Gasteiger partial charge in [-0.1, -0.05) is 19.3 Å². The summed E-state index contributed by atoms with van der Waals surface area (Å²) in [5.41, 5.74) is -0.0209. The molecule has 1 aliphatic carbocycles. The van der Waals surface area contributed by atoms with Crippen LogP contribution in [0.15, 0.2) is 0 Å². The van der Waals surface area contributed by atoms with Gasteiger partial charge < -0.3 is 15.3 Å². The summed E-state index contributed by atoms with van der Waals surface area (Å²) >= 11 is 0. The van der Waals surface area contributed by atoms with Crippen molar-refractivity contribution in [3.8, 4) is 0 Å². The molecule has 92 valence electrons. The van der Waals surface area contributed by atoms with E-state index in [4.69, 9.17) is 0 Å². The maximum absolute atomic E-state index is 11.7. The van der Waals surface area contributed by atoms with Crippen molar-refractivity contribution < 1.29 is 9.90 Å². The van der Waals surface area contributed by atoms with Crippen LogP contribution >= 0.6 is 0 Å². The Morgan fingerprint density at radius 2 is 2.00 bits per heavy atom. The Hall–Kier alpha value is -0.770. The van der Waals surface area contributed by atoms with E-state index in [1.165, 1.54) is 19.3 Å². The number of hydrogen-bond donors (Lipinski definition) is 2. The van der Waals surface area contributed by atoms with Crippen molar-refractivity contribution in [3.63, 3.8) is 0 Å². The fraction of sp³-hybridized carbons (Fsp3) is 0.917. The van der Waals surface area contributed by atoms with E-state index in [1.807, 2.05) is 4.90 Å². The number of carbonyl (C=O) groups excluding carboxylic acids is 1. The predicted octanol–water partition coefficient (Wildman–Crippen LogP) is 1.34. The number of aliphatic hydroxyl groups is 1. The Bertz CT molecular complexity index is 249. The Morgan fingerprint density at radius 1 is 1.25 bits per heavy atom. The van der Waals surface area contributed by atoms with Crippen LogP contribution < -0.4 is 5.32 Å². The average molecular weight is 226 g/mol. The zero-order valence-corrected chi connectivity index (χ0v) is 9.87. The number of amides is 2. The van der Waals surface area contributed by atoms with Gasteiger partial charge >= 0.3 is 6.03 Å². The monoisotopic (exact) mass is 226 g/mol. The summed E-state index contributed by atoms with van der Waals surface area (Å²) in [6.45, 7) is 2.58. The van der Waals surface area contributed by atoms with Crippen molar-refractivity contribution >= 4 is 6.03 Å². The van der Waals surface area contributed by atoms with Crippen LogP contribution in [-0.2, 0) is 0 Å². The van der Waals surface area contributed by atoms with Crippen LogP contribution in [0.5, 0.6) is 0 Å². The molecule has 2 N–H and O–H groups in total. The van der Waals surface area contributed by atoms with Gasteiger partial charge in [-0.25, -0.2) is 4.79 Å². The highest BCUT2D eigenvalue weighted by Crippen LogP contribution is 2.36. The van der Waals surface area contributed by atoms with Crippen molar-refractivity contribution in [1.29, 1.82) is 0 Å². The van der Waals surface area contributed by atoms with Gasteiger partial charge in [-0.3, -0.25) is 0 Å². The zero-order chi connectivity index (χ0) is 11.4. The Morgan fingerprint density at radius 3 is 2.62 bits per heavy atom. The highest BCUT2D eigenvalue weighted by atomic mass is 16.3. The lowest BCUT2D eigenvalue weighted by atomic mass is 9.74. The van der Waals surface area contributed by atoms with Gasteiger partial charge in [0.05, 0.1) is 6.61 Å². The molecule has 0 radical (unpaired) electrons. The van der Waals surface area contributed by atoms with Gasteiger partial charge in [0.1, 0.15) is 0 Å². The lowest BCUT2D eigenvalue weighted by Gasteiger charge is -2.41. The van der Waals surface area contributed by atoms with E-state index in [0.717, 1.165) is 38.9 Å². The molecule has 2 amide bonds. The van der Waals surface area contributed by atoms with Crippen LogP contribution in [0.3, 0.4) is 0 Å². The van der Waals surface area contributed by atoms with Gasteiger partial charge in [0.2, 0.25) is 0 Å². The molecule has 0 atom stereocenters. The summed E-state index contributed by atoms with van der Waals surface area (Å²) in [6.07, 6.45) is 6.80. The van der Waals surface area contributed by atoms with Crippen molar-refractivity contribution in [3.05, 3.63) is 0 Å². The fourth-order valence-electron chi connectivity index (χ4n) is 2.90. The smallest absolute Gasteiger partial charge is 0.317 e. The molecule has 0 aromatic rings. The van der Waals surface area contributed by atoms with Crippen LogP contribution in [0.1, 0.15) is 38.5 Å². The molecule has 0 aromatic carbocycles. The van der Waals surface area contributed by atoms with Gasteiger partial charge in [-0.05, 0) is 19.3 Å². The summed E-state index contributed by atoms with van der Waals surface area (Å²) < 4.78 is 0. The van der Waals surface area contributed by atoms with Gasteiger partial charge in [0, 0.05) is 25.0 Å². The predicted molar refractivity (Wildman–Crippen MR) is 62.2 cm³/mol. The minimum Gasteiger partial charge on any atom is -0.396 e. The van der Waals surface area contributed by atoms with E-state index in [9.17, 15) is 9.90 Å². The molecule has 2 rings (SSSR count). The highest BCUT2D eigenvalue weighted by molar-refractivity contribution is 5.74. The first-order chi connectivity index (χ1) is 7.76. The third-order valence-corrected chi connectivity index (χ3v) is 3.94. The molecular weight excluding hydrogens is 204 g/mol. The van der Waals surface area contributed by atoms with Crippen molar-refractivity contribution in [2.24, 2.45) is 5.41 Å². The first-order valence-electron chi connectivity index (χ1n) is 6.39. The number of aliphatic hydroxyl groups excluding tert-OH is 1. The Kier molecular flexibility index (Phi) is 3.69. The second-order valence-electron chi connectivity index (χ2n) is 5.23. The van der Waals surface area contributed by atoms with Crippen LogP contribution in [-0.4, -0.2) is 42.3 Å². The molecule has 1 heterocycles. The van der Waals surface area contributed by atoms with Crippen LogP contribution in [0, 0.1) is 5.41 Å². The minimum atomic E-state index is -0.0209. The topological polar surface area (TPSA) is 52.6 Å². The summed E-state index contributed by atoms with van der Waals surface area (Å²) in [4.78, 5) is 13.5. The van der Waals surface area contributed by atoms with Gasteiger partial charge in [0.25, 0.3) is 0 Å². The largest absolute Gasteiger partial charge is 0.396 e. The third kappa shape index (κ3) is 2.48. The molecule has 4 heteroatoms. The molecule has 16 heavy (non-hydrogen) atoms. The van der Waals surface area contributed by atoms with Crippen molar-refractivity contribution in [1.82, 2.24) is 10.2 Å². The first kappa shape index (κ1) is 11.7. The van der Waals surface area contributed by atoms with E-state index in [-0.39, 0.29) is 18.1 Å². The van der Waals surface area contributed by atoms with E-state index >= 15 is 0 Å². The third-order valence-electron chi connectivity index (χ3n) is 3.94. The maximum atomic E-state index is 11.7. The number of hydrogen-bond acceptors (Lipinski definition) is 2. The fourth-order valence-corrected chi connectivity index (χ4v) is 2.90. The summed E-state index contributed by atoms with van der Waals surface area (Å²) in [5, 5.41) is 12.5. The summed E-state index contributed by atoms with van der Waals surface area (Å²) in [7, 11) is 0. The molecule has 1 saturated heterocycles. The molecule has 0 unspecified atom stereocenters. The molecule has 0 bridgehead atoms. The molecule has 1 aliphatic heterocycles. The van der Waals surface area contributed by atoms with Crippen LogP contribution in [0.4, 0.5) is 4.79 Å². The second kappa shape index (κ2) is 5.04. The van der Waals surface area contributed by atoms with Crippen molar-refractivity contribution in [2.75, 3.05) is 26.2 Å². The minimum absolute atomic E-state index is 0.0209. The van der Waals surface area contributed by atoms with E-state index in [0.29, 0.717) is 0 Å². The molecule has 2 aliphatic rings. The number of nitrogens with zero attached hydrogens (tertiary/aromatic N) is 1. The van der Waals surface area contributed by atoms with E-state index in [2.05, 4.69) is 5.32 Å². The molecular formula is C12H22N2O2. The number of urea groups is 1.